The van der Waals surface area contributed by atoms with Crippen molar-refractivity contribution in [2.45, 2.75) is 13.0 Å². The Labute approximate surface area is 165 Å². The van der Waals surface area contributed by atoms with Gasteiger partial charge in [-0.1, -0.05) is 36.4 Å². The predicted octanol–water partition coefficient (Wildman–Crippen LogP) is 3.20. The number of rotatable bonds is 5. The van der Waals surface area contributed by atoms with Gasteiger partial charge in [0.2, 0.25) is 0 Å². The Morgan fingerprint density at radius 2 is 1.88 bits per heavy atom. The molecule has 0 saturated carbocycles. The maximum absolute atomic E-state index is 4.67. The number of aliphatic imine (C=N–C) groups is 1. The summed E-state index contributed by atoms with van der Waals surface area (Å²) in [5.74, 6) is 0.891. The van der Waals surface area contributed by atoms with Crippen LogP contribution in [0.5, 0.6) is 0 Å². The number of aromatic nitrogens is 2. The van der Waals surface area contributed by atoms with Gasteiger partial charge in [0.25, 0.3) is 0 Å². The van der Waals surface area contributed by atoms with Crippen molar-refractivity contribution in [2.24, 2.45) is 4.99 Å². The molecule has 0 aliphatic rings. The number of nitrogens with zero attached hydrogens (tertiary/aromatic N) is 4. The number of guanidine groups is 1. The third kappa shape index (κ3) is 5.45. The van der Waals surface area contributed by atoms with Crippen molar-refractivity contribution in [3.8, 4) is 0 Å². The van der Waals surface area contributed by atoms with Crippen LogP contribution < -0.4 is 5.32 Å². The molecule has 3 rings (SSSR count). The zero-order valence-electron chi connectivity index (χ0n) is 14.6. The normalized spacial score (nSPS) is 11.2. The van der Waals surface area contributed by atoms with Crippen LogP contribution in [-0.2, 0) is 13.0 Å². The first-order valence-corrected chi connectivity index (χ1v) is 8.14. The molecule has 0 atom stereocenters. The van der Waals surface area contributed by atoms with Crippen molar-refractivity contribution >= 4 is 35.6 Å². The summed E-state index contributed by atoms with van der Waals surface area (Å²) in [6.45, 7) is 1.48. The van der Waals surface area contributed by atoms with Crippen LogP contribution in [-0.4, -0.2) is 40.9 Å². The lowest BCUT2D eigenvalue weighted by atomic mass is 10.2. The number of fused-ring (bicyclic) bond motifs is 1. The first-order valence-electron chi connectivity index (χ1n) is 8.14. The highest BCUT2D eigenvalue weighted by Gasteiger charge is 2.04. The van der Waals surface area contributed by atoms with Crippen LogP contribution in [0.3, 0.4) is 0 Å². The third-order valence-corrected chi connectivity index (χ3v) is 3.76. The maximum atomic E-state index is 4.67. The number of hydrogen-bond acceptors (Lipinski definition) is 2. The van der Waals surface area contributed by atoms with Crippen LogP contribution in [0.25, 0.3) is 5.65 Å². The lowest BCUT2D eigenvalue weighted by molar-refractivity contribution is 0.578. The summed E-state index contributed by atoms with van der Waals surface area (Å²) in [5, 5.41) is 3.41. The molecular formula is C19H24IN5. The van der Waals surface area contributed by atoms with Gasteiger partial charge in [-0.05, 0) is 17.7 Å². The molecule has 0 fully saturated rings. The fraction of sp³-hybridized carbons (Fsp3) is 0.263. The van der Waals surface area contributed by atoms with Gasteiger partial charge >= 0.3 is 0 Å². The average Bonchev–Trinajstić information content (AvgIpc) is 3.01. The van der Waals surface area contributed by atoms with E-state index < -0.39 is 0 Å². The highest BCUT2D eigenvalue weighted by atomic mass is 127. The van der Waals surface area contributed by atoms with E-state index in [1.165, 1.54) is 5.56 Å². The second-order valence-corrected chi connectivity index (χ2v) is 5.89. The number of benzene rings is 1. The minimum atomic E-state index is 0. The van der Waals surface area contributed by atoms with Gasteiger partial charge in [-0.15, -0.1) is 24.0 Å². The average molecular weight is 449 g/mol. The molecule has 5 nitrogen and oxygen atoms in total. The van der Waals surface area contributed by atoms with Crippen LogP contribution in [0.4, 0.5) is 0 Å². The second-order valence-electron chi connectivity index (χ2n) is 5.89. The predicted molar refractivity (Wildman–Crippen MR) is 114 cm³/mol. The molecule has 0 aliphatic carbocycles. The first-order chi connectivity index (χ1) is 11.7. The van der Waals surface area contributed by atoms with Gasteiger partial charge in [0, 0.05) is 39.5 Å². The molecular weight excluding hydrogens is 425 g/mol. The number of halogens is 1. The van der Waals surface area contributed by atoms with Crippen molar-refractivity contribution in [1.82, 2.24) is 19.6 Å². The molecule has 1 aromatic carbocycles. The molecule has 6 heteroatoms. The molecule has 0 spiro atoms. The molecule has 0 radical (unpaired) electrons. The summed E-state index contributed by atoms with van der Waals surface area (Å²) in [4.78, 5) is 11.3. The minimum absolute atomic E-state index is 0. The number of imidazole rings is 1. The highest BCUT2D eigenvalue weighted by molar-refractivity contribution is 14.0. The van der Waals surface area contributed by atoms with E-state index >= 15 is 0 Å². The topological polar surface area (TPSA) is 44.9 Å². The fourth-order valence-electron chi connectivity index (χ4n) is 2.52. The number of nitrogens with one attached hydrogen (secondary N) is 1. The summed E-state index contributed by atoms with van der Waals surface area (Å²) in [5.41, 5.74) is 3.27. The Balaban J connectivity index is 0.00000225. The summed E-state index contributed by atoms with van der Waals surface area (Å²) in [6, 6.07) is 16.3. The Bertz CT molecular complexity index is 778. The van der Waals surface area contributed by atoms with Gasteiger partial charge in [0.1, 0.15) is 5.65 Å². The number of pyridine rings is 1. The lowest BCUT2D eigenvalue weighted by Gasteiger charge is -2.17. The van der Waals surface area contributed by atoms with E-state index in [4.69, 9.17) is 0 Å². The smallest absolute Gasteiger partial charge is 0.193 e. The summed E-state index contributed by atoms with van der Waals surface area (Å²) < 4.78 is 2.05. The molecule has 25 heavy (non-hydrogen) atoms. The van der Waals surface area contributed by atoms with Crippen molar-refractivity contribution in [3.05, 3.63) is 72.2 Å². The van der Waals surface area contributed by atoms with Gasteiger partial charge in [-0.2, -0.15) is 0 Å². The van der Waals surface area contributed by atoms with E-state index in [0.717, 1.165) is 30.3 Å². The third-order valence-electron chi connectivity index (χ3n) is 3.76. The Kier molecular flexibility index (Phi) is 7.24. The Morgan fingerprint density at radius 1 is 1.12 bits per heavy atom. The van der Waals surface area contributed by atoms with Crippen LogP contribution >= 0.6 is 24.0 Å². The Morgan fingerprint density at radius 3 is 2.60 bits per heavy atom. The van der Waals surface area contributed by atoms with Crippen molar-refractivity contribution in [2.75, 3.05) is 20.6 Å². The molecule has 3 aromatic rings. The molecule has 0 unspecified atom stereocenters. The first kappa shape index (κ1) is 19.2. The van der Waals surface area contributed by atoms with Gasteiger partial charge in [0.15, 0.2) is 5.96 Å². The van der Waals surface area contributed by atoms with E-state index in [1.54, 1.807) is 0 Å². The zero-order valence-corrected chi connectivity index (χ0v) is 16.9. The van der Waals surface area contributed by atoms with Gasteiger partial charge < -0.3 is 14.6 Å². The van der Waals surface area contributed by atoms with Crippen LogP contribution in [0.2, 0.25) is 0 Å². The van der Waals surface area contributed by atoms with E-state index in [-0.39, 0.29) is 24.0 Å². The highest BCUT2D eigenvalue weighted by Crippen LogP contribution is 2.05. The maximum Gasteiger partial charge on any atom is 0.193 e. The van der Waals surface area contributed by atoms with Gasteiger partial charge in [0.05, 0.1) is 12.2 Å². The molecule has 132 valence electrons. The van der Waals surface area contributed by atoms with Crippen molar-refractivity contribution in [3.63, 3.8) is 0 Å². The number of hydrogen-bond donors (Lipinski definition) is 1. The quantitative estimate of drug-likeness (QED) is 0.370. The van der Waals surface area contributed by atoms with E-state index in [2.05, 4.69) is 33.6 Å². The van der Waals surface area contributed by atoms with Crippen LogP contribution in [0.15, 0.2) is 65.9 Å². The fourth-order valence-corrected chi connectivity index (χ4v) is 2.52. The van der Waals surface area contributed by atoms with Gasteiger partial charge in [-0.25, -0.2) is 9.98 Å². The largest absolute Gasteiger partial charge is 0.356 e. The van der Waals surface area contributed by atoms with E-state index in [0.29, 0.717) is 6.54 Å². The van der Waals surface area contributed by atoms with E-state index in [1.807, 2.05) is 66.0 Å². The van der Waals surface area contributed by atoms with Crippen molar-refractivity contribution in [1.29, 1.82) is 0 Å². The summed E-state index contributed by atoms with van der Waals surface area (Å²) in [7, 11) is 4.00. The molecule has 2 aromatic heterocycles. The summed E-state index contributed by atoms with van der Waals surface area (Å²) >= 11 is 0. The SMILES string of the molecule is CN(C)C(=NCc1ccccc1)NCCc1cn2ccccc2n1.I. The van der Waals surface area contributed by atoms with Crippen LogP contribution in [0.1, 0.15) is 11.3 Å². The monoisotopic (exact) mass is 449 g/mol. The molecule has 0 saturated heterocycles. The molecule has 1 N–H and O–H groups in total. The molecule has 0 amide bonds. The second kappa shape index (κ2) is 9.41. The van der Waals surface area contributed by atoms with Crippen molar-refractivity contribution < 1.29 is 0 Å². The summed E-state index contributed by atoms with van der Waals surface area (Å²) in [6.07, 6.45) is 4.96. The Hall–Kier alpha value is -2.09. The zero-order chi connectivity index (χ0) is 16.8. The molecule has 0 bridgehead atoms. The van der Waals surface area contributed by atoms with Crippen LogP contribution in [0, 0.1) is 0 Å². The molecule has 0 aliphatic heterocycles. The minimum Gasteiger partial charge on any atom is -0.356 e. The lowest BCUT2D eigenvalue weighted by Crippen LogP contribution is -2.37. The van der Waals surface area contributed by atoms with Gasteiger partial charge in [-0.3, -0.25) is 0 Å². The molecule has 2 heterocycles. The van der Waals surface area contributed by atoms with E-state index in [9.17, 15) is 0 Å². The standard InChI is InChI=1S/C19H23N5.HI/c1-23(2)19(21-14-16-8-4-3-5-9-16)20-12-11-17-15-24-13-7-6-10-18(24)22-17;/h3-10,13,15H,11-12,14H2,1-2H3,(H,20,21);1H.